The van der Waals surface area contributed by atoms with Crippen LogP contribution < -0.4 is 9.62 Å². The van der Waals surface area contributed by atoms with Gasteiger partial charge in [-0.15, -0.1) is 0 Å². The van der Waals surface area contributed by atoms with Crippen molar-refractivity contribution in [3.8, 4) is 5.69 Å². The van der Waals surface area contributed by atoms with Crippen molar-refractivity contribution in [3.63, 3.8) is 0 Å². The summed E-state index contributed by atoms with van der Waals surface area (Å²) >= 11 is 0. The molecule has 1 aromatic carbocycles. The van der Waals surface area contributed by atoms with Crippen LogP contribution in [0.3, 0.4) is 0 Å². The van der Waals surface area contributed by atoms with E-state index in [9.17, 15) is 17.6 Å². The summed E-state index contributed by atoms with van der Waals surface area (Å²) in [5.41, 5.74) is 3.25. The summed E-state index contributed by atoms with van der Waals surface area (Å²) in [4.78, 5) is 23.3. The lowest BCUT2D eigenvalue weighted by molar-refractivity contribution is 0.0115. The van der Waals surface area contributed by atoms with Gasteiger partial charge in [0.15, 0.2) is 5.65 Å². The fraction of sp³-hybridized carbons (Fsp3) is 0.581. The summed E-state index contributed by atoms with van der Waals surface area (Å²) in [6.45, 7) is 5.10. The van der Waals surface area contributed by atoms with Crippen LogP contribution in [0.4, 0.5) is 10.1 Å². The summed E-state index contributed by atoms with van der Waals surface area (Å²) in [5.74, 6) is -0.489. The standard InChI is InChI=1S/C31H40FN7O4S/c32-23-9-15-38(16-10-23)44(41,42)35-31(40)26-21-27(37-13-11-24(12-14-37)36-17-19-43-20-18-36)28-29(22-5-4-6-22)34-39(30(28)33-26)25-7-2-1-3-8-25/h1-3,7-8,21-24H,4-6,9-20H2,(H,35,40). The van der Waals surface area contributed by atoms with Crippen LogP contribution in [0.2, 0.25) is 0 Å². The third kappa shape index (κ3) is 5.82. The number of hydrogen-bond donors (Lipinski definition) is 1. The number of ether oxygens (including phenoxy) is 1. The molecule has 0 spiro atoms. The molecule has 1 N–H and O–H groups in total. The number of piperidine rings is 2. The zero-order valence-corrected chi connectivity index (χ0v) is 25.7. The summed E-state index contributed by atoms with van der Waals surface area (Å²) in [6.07, 6.45) is 4.42. The zero-order chi connectivity index (χ0) is 30.3. The molecule has 1 aliphatic carbocycles. The highest BCUT2D eigenvalue weighted by atomic mass is 32.2. The van der Waals surface area contributed by atoms with Crippen molar-refractivity contribution in [2.45, 2.75) is 63.1 Å². The van der Waals surface area contributed by atoms with Crippen LogP contribution in [0.25, 0.3) is 16.7 Å². The Hall–Kier alpha value is -3.13. The van der Waals surface area contributed by atoms with Crippen molar-refractivity contribution in [1.29, 1.82) is 0 Å². The van der Waals surface area contributed by atoms with E-state index in [0.29, 0.717) is 17.6 Å². The van der Waals surface area contributed by atoms with Gasteiger partial charge >= 0.3 is 10.2 Å². The Morgan fingerprint density at radius 3 is 2.30 bits per heavy atom. The number of carbonyl (C=O) groups is 1. The summed E-state index contributed by atoms with van der Waals surface area (Å²) in [7, 11) is -4.15. The molecule has 3 aromatic rings. The Bertz CT molecular complexity index is 1590. The van der Waals surface area contributed by atoms with Crippen LogP contribution >= 0.6 is 0 Å². The maximum atomic E-state index is 13.7. The fourth-order valence-electron chi connectivity index (χ4n) is 6.92. The molecule has 11 nitrogen and oxygen atoms in total. The first-order valence-electron chi connectivity index (χ1n) is 15.9. The Kier molecular flexibility index (Phi) is 8.29. The molecule has 44 heavy (non-hydrogen) atoms. The van der Waals surface area contributed by atoms with Gasteiger partial charge in [0, 0.05) is 51.2 Å². The normalized spacial score (nSPS) is 21.9. The number of para-hydroxylation sites is 1. The number of alkyl halides is 1. The van der Waals surface area contributed by atoms with Crippen LogP contribution in [0.1, 0.15) is 67.0 Å². The average Bonchev–Trinajstić information content (AvgIpc) is 3.39. The highest BCUT2D eigenvalue weighted by molar-refractivity contribution is 7.87. The highest BCUT2D eigenvalue weighted by Crippen LogP contribution is 2.43. The molecule has 0 radical (unpaired) electrons. The molecule has 0 atom stereocenters. The van der Waals surface area contributed by atoms with Crippen LogP contribution in [-0.2, 0) is 14.9 Å². The Morgan fingerprint density at radius 1 is 0.932 bits per heavy atom. The number of fused-ring (bicyclic) bond motifs is 1. The topological polar surface area (TPSA) is 113 Å². The van der Waals surface area contributed by atoms with Crippen molar-refractivity contribution in [2.24, 2.45) is 0 Å². The molecule has 7 rings (SSSR count). The monoisotopic (exact) mass is 625 g/mol. The molecule has 3 aliphatic heterocycles. The van der Waals surface area contributed by atoms with Gasteiger partial charge in [-0.05, 0) is 56.7 Å². The van der Waals surface area contributed by atoms with Crippen LogP contribution in [-0.4, -0.2) is 103 Å². The van der Waals surface area contributed by atoms with Crippen molar-refractivity contribution in [3.05, 3.63) is 47.8 Å². The third-order valence-electron chi connectivity index (χ3n) is 9.68. The molecular weight excluding hydrogens is 585 g/mol. The molecule has 3 saturated heterocycles. The van der Waals surface area contributed by atoms with E-state index < -0.39 is 22.3 Å². The lowest BCUT2D eigenvalue weighted by atomic mass is 9.82. The van der Waals surface area contributed by atoms with Gasteiger partial charge in [0.05, 0.1) is 35.7 Å². The first-order chi connectivity index (χ1) is 21.4. The quantitative estimate of drug-likeness (QED) is 0.425. The van der Waals surface area contributed by atoms with Gasteiger partial charge in [-0.2, -0.15) is 17.8 Å². The molecule has 1 saturated carbocycles. The van der Waals surface area contributed by atoms with Gasteiger partial charge in [0.1, 0.15) is 11.9 Å². The van der Waals surface area contributed by atoms with E-state index in [2.05, 4.69) is 14.5 Å². The maximum absolute atomic E-state index is 13.7. The number of pyridine rings is 1. The van der Waals surface area contributed by atoms with Gasteiger partial charge in [-0.3, -0.25) is 9.69 Å². The number of aromatic nitrogens is 3. The molecular formula is C31H40FN7O4S. The predicted molar refractivity (Wildman–Crippen MR) is 165 cm³/mol. The summed E-state index contributed by atoms with van der Waals surface area (Å²) in [6, 6.07) is 12.0. The van der Waals surface area contributed by atoms with Crippen LogP contribution in [0.15, 0.2) is 36.4 Å². The molecule has 1 amide bonds. The predicted octanol–water partition coefficient (Wildman–Crippen LogP) is 3.40. The van der Waals surface area contributed by atoms with Gasteiger partial charge in [0.2, 0.25) is 0 Å². The lowest BCUT2D eigenvalue weighted by Gasteiger charge is -2.41. The number of nitrogens with zero attached hydrogens (tertiary/aromatic N) is 6. The number of benzene rings is 1. The molecule has 0 unspecified atom stereocenters. The number of amides is 1. The molecule has 4 aliphatic rings. The van der Waals surface area contributed by atoms with Crippen LogP contribution in [0, 0.1) is 0 Å². The Labute approximate surface area is 257 Å². The van der Waals surface area contributed by atoms with E-state index in [0.717, 1.165) is 98.3 Å². The summed E-state index contributed by atoms with van der Waals surface area (Å²) < 4.78 is 50.7. The van der Waals surface area contributed by atoms with E-state index in [1.165, 1.54) is 0 Å². The number of rotatable bonds is 7. The fourth-order valence-corrected chi connectivity index (χ4v) is 8.08. The Balaban J connectivity index is 1.27. The van der Waals surface area contributed by atoms with Crippen molar-refractivity contribution in [1.82, 2.24) is 28.7 Å². The second-order valence-corrected chi connectivity index (χ2v) is 14.0. The highest BCUT2D eigenvalue weighted by Gasteiger charge is 2.34. The van der Waals surface area contributed by atoms with Crippen LogP contribution in [0.5, 0.6) is 0 Å². The molecule has 4 fully saturated rings. The van der Waals surface area contributed by atoms with E-state index in [1.807, 2.05) is 30.3 Å². The van der Waals surface area contributed by atoms with Crippen molar-refractivity contribution < 1.29 is 22.3 Å². The number of nitrogens with one attached hydrogen (secondary N) is 1. The van der Waals surface area contributed by atoms with E-state index in [-0.39, 0.29) is 31.6 Å². The first-order valence-corrected chi connectivity index (χ1v) is 17.3. The maximum Gasteiger partial charge on any atom is 0.304 e. The average molecular weight is 626 g/mol. The van der Waals surface area contributed by atoms with Gasteiger partial charge in [0.25, 0.3) is 5.91 Å². The minimum absolute atomic E-state index is 0.0176. The Morgan fingerprint density at radius 2 is 1.64 bits per heavy atom. The number of halogens is 1. The minimum Gasteiger partial charge on any atom is -0.379 e. The SMILES string of the molecule is O=C(NS(=O)(=O)N1CCC(F)CC1)c1cc(N2CCC(N3CCOCC3)CC2)c2c(C3CCC3)nn(-c3ccccc3)c2n1. The number of carbonyl (C=O) groups excluding carboxylic acids is 1. The summed E-state index contributed by atoms with van der Waals surface area (Å²) in [5, 5.41) is 6.03. The third-order valence-corrected chi connectivity index (χ3v) is 11.2. The second-order valence-electron chi connectivity index (χ2n) is 12.4. The zero-order valence-electron chi connectivity index (χ0n) is 24.9. The molecule has 2 aromatic heterocycles. The minimum atomic E-state index is -4.15. The molecule has 13 heteroatoms. The van der Waals surface area contributed by atoms with Gasteiger partial charge < -0.3 is 9.64 Å². The number of anilines is 1. The second kappa shape index (κ2) is 12.3. The van der Waals surface area contributed by atoms with Crippen molar-refractivity contribution >= 4 is 32.8 Å². The smallest absolute Gasteiger partial charge is 0.304 e. The number of hydrogen-bond acceptors (Lipinski definition) is 8. The first kappa shape index (κ1) is 29.6. The number of morpholine rings is 1. The van der Waals surface area contributed by atoms with Gasteiger partial charge in [-0.1, -0.05) is 24.6 Å². The van der Waals surface area contributed by atoms with E-state index in [1.54, 1.807) is 10.7 Å². The molecule has 5 heterocycles. The van der Waals surface area contributed by atoms with E-state index >= 15 is 0 Å². The molecule has 0 bridgehead atoms. The van der Waals surface area contributed by atoms with Crippen molar-refractivity contribution in [2.75, 3.05) is 57.4 Å². The largest absolute Gasteiger partial charge is 0.379 e. The lowest BCUT2D eigenvalue weighted by Crippen LogP contribution is -2.49. The van der Waals surface area contributed by atoms with E-state index in [4.69, 9.17) is 14.8 Å². The van der Waals surface area contributed by atoms with Gasteiger partial charge in [-0.25, -0.2) is 18.8 Å². The molecule has 236 valence electrons.